The normalized spacial score (nSPS) is 12.2. The highest BCUT2D eigenvalue weighted by Gasteiger charge is 2.17. The zero-order valence-electron chi connectivity index (χ0n) is 25.8. The summed E-state index contributed by atoms with van der Waals surface area (Å²) < 4.78 is 5.42. The van der Waals surface area contributed by atoms with Crippen molar-refractivity contribution < 1.29 is 0 Å². The molecule has 2 aromatic heterocycles. The summed E-state index contributed by atoms with van der Waals surface area (Å²) in [5.74, 6) is 0. The molecule has 0 atom stereocenters. The first kappa shape index (κ1) is 26.5. The van der Waals surface area contributed by atoms with E-state index in [2.05, 4.69) is 158 Å². The van der Waals surface area contributed by atoms with E-state index in [4.69, 9.17) is 0 Å². The van der Waals surface area contributed by atoms with Gasteiger partial charge in [-0.25, -0.2) is 0 Å². The number of benzene rings is 9. The maximum atomic E-state index is 2.42. The smallest absolute Gasteiger partial charge is 0.0434 e. The average molecular weight is 643 g/mol. The van der Waals surface area contributed by atoms with Gasteiger partial charge in [0.2, 0.25) is 0 Å². The molecule has 0 aliphatic rings. The predicted octanol–water partition coefficient (Wildman–Crippen LogP) is 14.4. The molecule has 0 aliphatic carbocycles. The van der Waals surface area contributed by atoms with Gasteiger partial charge in [0.15, 0.2) is 0 Å². The van der Waals surface area contributed by atoms with Crippen molar-refractivity contribution in [1.29, 1.82) is 0 Å². The van der Waals surface area contributed by atoms with E-state index in [1.54, 1.807) is 0 Å². The maximum absolute atomic E-state index is 2.42. The van der Waals surface area contributed by atoms with Crippen molar-refractivity contribution in [1.82, 2.24) is 0 Å². The second-order valence-electron chi connectivity index (χ2n) is 12.8. The van der Waals surface area contributed by atoms with Gasteiger partial charge in [-0.3, -0.25) is 0 Å². The van der Waals surface area contributed by atoms with E-state index in [1.807, 2.05) is 22.7 Å². The van der Waals surface area contributed by atoms with E-state index in [0.29, 0.717) is 0 Å². The highest BCUT2D eigenvalue weighted by molar-refractivity contribution is 7.27. The Kier molecular flexibility index (Phi) is 5.51. The predicted molar refractivity (Wildman–Crippen MR) is 213 cm³/mol. The summed E-state index contributed by atoms with van der Waals surface area (Å²) >= 11 is 3.82. The number of fused-ring (bicyclic) bond motifs is 12. The third-order valence-corrected chi connectivity index (χ3v) is 12.6. The van der Waals surface area contributed by atoms with E-state index in [0.717, 1.165) is 0 Å². The van der Waals surface area contributed by atoms with Gasteiger partial charge in [0.25, 0.3) is 0 Å². The molecule has 0 spiro atoms. The van der Waals surface area contributed by atoms with Gasteiger partial charge in [-0.1, -0.05) is 133 Å². The Morgan fingerprint density at radius 3 is 1.69 bits per heavy atom. The van der Waals surface area contributed by atoms with E-state index in [-0.39, 0.29) is 0 Å². The monoisotopic (exact) mass is 642 g/mol. The van der Waals surface area contributed by atoms with Crippen molar-refractivity contribution in [3.8, 4) is 22.3 Å². The number of rotatable bonds is 2. The molecule has 0 nitrogen and oxygen atoms in total. The van der Waals surface area contributed by atoms with Crippen LogP contribution in [0, 0.1) is 0 Å². The first-order valence-electron chi connectivity index (χ1n) is 16.4. The zero-order valence-corrected chi connectivity index (χ0v) is 27.5. The van der Waals surface area contributed by atoms with Crippen molar-refractivity contribution in [2.75, 3.05) is 0 Å². The topological polar surface area (TPSA) is 0 Å². The van der Waals surface area contributed by atoms with E-state index >= 15 is 0 Å². The van der Waals surface area contributed by atoms with Gasteiger partial charge in [-0.2, -0.15) is 0 Å². The summed E-state index contributed by atoms with van der Waals surface area (Å²) in [6.07, 6.45) is 0. The Hall–Kier alpha value is -5.54. The van der Waals surface area contributed by atoms with Gasteiger partial charge < -0.3 is 0 Å². The van der Waals surface area contributed by atoms with Gasteiger partial charge >= 0.3 is 0 Å². The minimum atomic E-state index is 1.26. The molecule has 0 bridgehead atoms. The van der Waals surface area contributed by atoms with Crippen molar-refractivity contribution in [3.63, 3.8) is 0 Å². The van der Waals surface area contributed by atoms with Gasteiger partial charge in [-0.15, -0.1) is 22.7 Å². The minimum absolute atomic E-state index is 1.26. The summed E-state index contributed by atoms with van der Waals surface area (Å²) in [4.78, 5) is 0. The summed E-state index contributed by atoms with van der Waals surface area (Å²) in [6.45, 7) is 0. The Morgan fingerprint density at radius 1 is 0.312 bits per heavy atom. The molecule has 0 aliphatic heterocycles. The lowest BCUT2D eigenvalue weighted by Crippen LogP contribution is -1.89. The molecule has 9 aromatic carbocycles. The SMILES string of the molecule is c1ccc2c(-c3ccc(-c4ccc5c(c4)sc4ccc6c(ccc7c8ccccc8sc76)c45)c4ccccc34)c3ccccc3cc2c1. The van der Waals surface area contributed by atoms with Crippen LogP contribution in [-0.2, 0) is 0 Å². The van der Waals surface area contributed by atoms with Crippen LogP contribution in [0.25, 0.3) is 106 Å². The fourth-order valence-electron chi connectivity index (χ4n) is 8.10. The molecular formula is C46H26S2. The summed E-state index contributed by atoms with van der Waals surface area (Å²) in [7, 11) is 0. The molecule has 11 aromatic rings. The Labute approximate surface area is 284 Å². The van der Waals surface area contributed by atoms with Gasteiger partial charge in [0.05, 0.1) is 0 Å². The molecule has 0 amide bonds. The molecule has 0 N–H and O–H groups in total. The van der Waals surface area contributed by atoms with Crippen LogP contribution < -0.4 is 0 Å². The number of hydrogen-bond acceptors (Lipinski definition) is 2. The molecule has 0 unspecified atom stereocenters. The summed E-state index contributed by atoms with van der Waals surface area (Å²) in [6, 6.07) is 58.8. The highest BCUT2D eigenvalue weighted by Crippen LogP contribution is 2.46. The standard InChI is InChI=1S/C46H26S2/c1-3-11-31-27(9-1)25-28-10-2-4-12-32(28)44(31)36-20-19-30(33-13-5-6-14-34(33)36)29-17-18-40-43(26-29)47-42-24-23-39-37(45(40)42)21-22-38-35-15-7-8-16-41(35)48-46(38)39/h1-26H. The first-order valence-corrected chi connectivity index (χ1v) is 18.1. The van der Waals surface area contributed by atoms with Crippen molar-refractivity contribution in [2.24, 2.45) is 0 Å². The van der Waals surface area contributed by atoms with Crippen LogP contribution in [0.4, 0.5) is 0 Å². The molecule has 48 heavy (non-hydrogen) atoms. The van der Waals surface area contributed by atoms with E-state index < -0.39 is 0 Å². The van der Waals surface area contributed by atoms with E-state index in [1.165, 1.54) is 106 Å². The van der Waals surface area contributed by atoms with Crippen LogP contribution in [0.15, 0.2) is 158 Å². The third kappa shape index (κ3) is 3.70. The molecule has 2 heteroatoms. The lowest BCUT2D eigenvalue weighted by molar-refractivity contribution is 1.68. The molecule has 11 rings (SSSR count). The van der Waals surface area contributed by atoms with Gasteiger partial charge in [-0.05, 0) is 84.2 Å². The molecular weight excluding hydrogens is 617 g/mol. The number of hydrogen-bond donors (Lipinski definition) is 0. The third-order valence-electron chi connectivity index (χ3n) is 10.2. The van der Waals surface area contributed by atoms with Crippen molar-refractivity contribution >= 4 is 106 Å². The van der Waals surface area contributed by atoms with Crippen LogP contribution in [-0.4, -0.2) is 0 Å². The molecule has 222 valence electrons. The Bertz CT molecular complexity index is 3070. The van der Waals surface area contributed by atoms with Crippen LogP contribution in [0.1, 0.15) is 0 Å². The Balaban J connectivity index is 1.12. The summed E-state index contributed by atoms with van der Waals surface area (Å²) in [5.41, 5.74) is 5.13. The fraction of sp³-hybridized carbons (Fsp3) is 0. The van der Waals surface area contributed by atoms with Crippen LogP contribution >= 0.6 is 22.7 Å². The zero-order chi connectivity index (χ0) is 31.3. The van der Waals surface area contributed by atoms with Crippen LogP contribution in [0.2, 0.25) is 0 Å². The van der Waals surface area contributed by atoms with Gasteiger partial charge in [0.1, 0.15) is 0 Å². The lowest BCUT2D eigenvalue weighted by atomic mass is 9.87. The molecule has 0 fully saturated rings. The first-order chi connectivity index (χ1) is 23.8. The van der Waals surface area contributed by atoms with Crippen LogP contribution in [0.5, 0.6) is 0 Å². The van der Waals surface area contributed by atoms with Crippen molar-refractivity contribution in [3.05, 3.63) is 158 Å². The average Bonchev–Trinajstić information content (AvgIpc) is 3.72. The van der Waals surface area contributed by atoms with E-state index in [9.17, 15) is 0 Å². The second kappa shape index (κ2) is 9.98. The molecule has 0 saturated heterocycles. The highest BCUT2D eigenvalue weighted by atomic mass is 32.1. The quantitative estimate of drug-likeness (QED) is 0.165. The Morgan fingerprint density at radius 2 is 0.896 bits per heavy atom. The second-order valence-corrected chi connectivity index (χ2v) is 14.9. The molecule has 2 heterocycles. The molecule has 0 radical (unpaired) electrons. The molecule has 0 saturated carbocycles. The lowest BCUT2D eigenvalue weighted by Gasteiger charge is -2.16. The maximum Gasteiger partial charge on any atom is 0.0434 e. The fourth-order valence-corrected chi connectivity index (χ4v) is 10.5. The van der Waals surface area contributed by atoms with Crippen LogP contribution in [0.3, 0.4) is 0 Å². The van der Waals surface area contributed by atoms with Gasteiger partial charge in [0, 0.05) is 45.7 Å². The largest absolute Gasteiger partial charge is 0.135 e. The van der Waals surface area contributed by atoms with Crippen molar-refractivity contribution in [2.45, 2.75) is 0 Å². The minimum Gasteiger partial charge on any atom is -0.135 e. The summed E-state index contributed by atoms with van der Waals surface area (Å²) in [5, 5.41) is 15.8. The number of thiophene rings is 2.